The molecule has 130 valence electrons. The predicted octanol–water partition coefficient (Wildman–Crippen LogP) is 5.40. The third-order valence-corrected chi connectivity index (χ3v) is 3.64. The molecule has 0 aliphatic carbocycles. The number of hydrogen-bond donors (Lipinski definition) is 1. The van der Waals surface area contributed by atoms with E-state index >= 15 is 0 Å². The van der Waals surface area contributed by atoms with Gasteiger partial charge in [-0.05, 0) is 42.7 Å². The molecule has 0 fully saturated rings. The zero-order valence-electron chi connectivity index (χ0n) is 13.6. The second-order valence-electron chi connectivity index (χ2n) is 5.38. The molecule has 0 atom stereocenters. The first-order chi connectivity index (χ1) is 11.3. The van der Waals surface area contributed by atoms with E-state index in [-0.39, 0.29) is 11.9 Å². The molecule has 2 aromatic rings. The predicted molar refractivity (Wildman–Crippen MR) is 88.0 cm³/mol. The molecule has 3 nitrogen and oxygen atoms in total. The average Bonchev–Trinajstić information content (AvgIpc) is 2.52. The van der Waals surface area contributed by atoms with E-state index in [1.54, 1.807) is 12.1 Å². The van der Waals surface area contributed by atoms with Crippen LogP contribution in [0.4, 0.5) is 18.9 Å². The zero-order chi connectivity index (χ0) is 17.7. The van der Waals surface area contributed by atoms with Gasteiger partial charge in [-0.25, -0.2) is 0 Å². The molecule has 6 heteroatoms. The van der Waals surface area contributed by atoms with E-state index in [9.17, 15) is 13.2 Å². The first-order valence-corrected chi connectivity index (χ1v) is 7.74. The number of benzene rings is 2. The number of hydrogen-bond acceptors (Lipinski definition) is 3. The summed E-state index contributed by atoms with van der Waals surface area (Å²) < 4.78 is 46.2. The van der Waals surface area contributed by atoms with Gasteiger partial charge in [0.25, 0.3) is 0 Å². The molecule has 0 aromatic heterocycles. The lowest BCUT2D eigenvalue weighted by atomic mass is 10.0. The lowest BCUT2D eigenvalue weighted by molar-refractivity contribution is -0.274. The summed E-state index contributed by atoms with van der Waals surface area (Å²) in [5.41, 5.74) is 8.00. The molecule has 0 unspecified atom stereocenters. The smallest absolute Gasteiger partial charge is 0.490 e. The van der Waals surface area contributed by atoms with Crippen molar-refractivity contribution in [3.63, 3.8) is 0 Å². The van der Waals surface area contributed by atoms with Crippen LogP contribution < -0.4 is 15.2 Å². The van der Waals surface area contributed by atoms with E-state index in [0.717, 1.165) is 18.4 Å². The Morgan fingerprint density at radius 1 is 0.958 bits per heavy atom. The van der Waals surface area contributed by atoms with Crippen molar-refractivity contribution in [2.24, 2.45) is 0 Å². The molecule has 0 saturated carbocycles. The highest BCUT2D eigenvalue weighted by atomic mass is 19.4. The molecule has 0 heterocycles. The van der Waals surface area contributed by atoms with Gasteiger partial charge in [-0.3, -0.25) is 0 Å². The molecule has 2 rings (SSSR count). The SMILES string of the molecule is CCC(CC)Oc1ccc(-c2ccc(OC(F)(F)F)cc2)c(N)c1. The van der Waals surface area contributed by atoms with Crippen LogP contribution in [0.5, 0.6) is 11.5 Å². The van der Waals surface area contributed by atoms with Crippen LogP contribution >= 0.6 is 0 Å². The molecule has 2 N–H and O–H groups in total. The Bertz CT molecular complexity index is 665. The molecule has 0 amide bonds. The van der Waals surface area contributed by atoms with E-state index in [4.69, 9.17) is 10.5 Å². The monoisotopic (exact) mass is 339 g/mol. The molecule has 0 radical (unpaired) electrons. The van der Waals surface area contributed by atoms with Crippen molar-refractivity contribution in [2.45, 2.75) is 39.2 Å². The number of nitrogens with two attached hydrogens (primary N) is 1. The number of nitrogen functional groups attached to an aromatic ring is 1. The van der Waals surface area contributed by atoms with Gasteiger partial charge in [0.1, 0.15) is 11.5 Å². The summed E-state index contributed by atoms with van der Waals surface area (Å²) in [4.78, 5) is 0. The molecular formula is C18H20F3NO2. The summed E-state index contributed by atoms with van der Waals surface area (Å²) in [6.07, 6.45) is -2.76. The van der Waals surface area contributed by atoms with Crippen molar-refractivity contribution in [3.05, 3.63) is 42.5 Å². The summed E-state index contributed by atoms with van der Waals surface area (Å²) in [6, 6.07) is 10.9. The Hall–Kier alpha value is -2.37. The standard InChI is InChI=1S/C18H20F3NO2/c1-3-13(4-2)23-15-9-10-16(17(22)11-15)12-5-7-14(8-6-12)24-18(19,20)21/h5-11,13H,3-4,22H2,1-2H3. The summed E-state index contributed by atoms with van der Waals surface area (Å²) in [7, 11) is 0. The van der Waals surface area contributed by atoms with Crippen molar-refractivity contribution in [2.75, 3.05) is 5.73 Å². The number of halogens is 3. The molecule has 0 aliphatic heterocycles. The van der Waals surface area contributed by atoms with Crippen molar-refractivity contribution in [3.8, 4) is 22.6 Å². The van der Waals surface area contributed by atoms with E-state index in [0.29, 0.717) is 17.0 Å². The quantitative estimate of drug-likeness (QED) is 0.717. The van der Waals surface area contributed by atoms with E-state index < -0.39 is 6.36 Å². The summed E-state index contributed by atoms with van der Waals surface area (Å²) in [6.45, 7) is 4.10. The highest BCUT2D eigenvalue weighted by Crippen LogP contribution is 2.32. The second-order valence-corrected chi connectivity index (χ2v) is 5.38. The first kappa shape index (κ1) is 18.0. The van der Waals surface area contributed by atoms with Gasteiger partial charge in [-0.2, -0.15) is 0 Å². The Labute approximate surface area is 139 Å². The fourth-order valence-corrected chi connectivity index (χ4v) is 2.36. The van der Waals surface area contributed by atoms with Gasteiger partial charge in [0, 0.05) is 17.3 Å². The third kappa shape index (κ3) is 4.81. The molecule has 0 saturated heterocycles. The van der Waals surface area contributed by atoms with Crippen LogP contribution in [0.3, 0.4) is 0 Å². The molecule has 24 heavy (non-hydrogen) atoms. The Morgan fingerprint density at radius 3 is 2.04 bits per heavy atom. The zero-order valence-corrected chi connectivity index (χ0v) is 13.6. The highest BCUT2D eigenvalue weighted by molar-refractivity contribution is 5.77. The first-order valence-electron chi connectivity index (χ1n) is 7.74. The number of anilines is 1. The lowest BCUT2D eigenvalue weighted by Crippen LogP contribution is -2.16. The Morgan fingerprint density at radius 2 is 1.54 bits per heavy atom. The minimum absolute atomic E-state index is 0.133. The summed E-state index contributed by atoms with van der Waals surface area (Å²) >= 11 is 0. The Balaban J connectivity index is 2.17. The van der Waals surface area contributed by atoms with E-state index in [1.807, 2.05) is 6.07 Å². The van der Waals surface area contributed by atoms with E-state index in [1.165, 1.54) is 24.3 Å². The van der Waals surface area contributed by atoms with Crippen LogP contribution in [0.1, 0.15) is 26.7 Å². The molecular weight excluding hydrogens is 319 g/mol. The van der Waals surface area contributed by atoms with Crippen molar-refractivity contribution < 1.29 is 22.6 Å². The highest BCUT2D eigenvalue weighted by Gasteiger charge is 2.30. The van der Waals surface area contributed by atoms with Crippen LogP contribution in [-0.4, -0.2) is 12.5 Å². The number of alkyl halides is 3. The molecule has 2 aromatic carbocycles. The number of rotatable bonds is 6. The molecule has 0 spiro atoms. The van der Waals surface area contributed by atoms with Gasteiger partial charge in [0.2, 0.25) is 0 Å². The fourth-order valence-electron chi connectivity index (χ4n) is 2.36. The van der Waals surface area contributed by atoms with Crippen LogP contribution in [-0.2, 0) is 0 Å². The molecule has 0 bridgehead atoms. The maximum atomic E-state index is 12.2. The second kappa shape index (κ2) is 7.47. The van der Waals surface area contributed by atoms with Gasteiger partial charge in [-0.15, -0.1) is 13.2 Å². The van der Waals surface area contributed by atoms with Crippen LogP contribution in [0.25, 0.3) is 11.1 Å². The summed E-state index contributed by atoms with van der Waals surface area (Å²) in [5, 5.41) is 0. The van der Waals surface area contributed by atoms with Gasteiger partial charge in [0.15, 0.2) is 0 Å². The average molecular weight is 339 g/mol. The third-order valence-electron chi connectivity index (χ3n) is 3.64. The van der Waals surface area contributed by atoms with Gasteiger partial charge < -0.3 is 15.2 Å². The van der Waals surface area contributed by atoms with Gasteiger partial charge >= 0.3 is 6.36 Å². The van der Waals surface area contributed by atoms with Crippen LogP contribution in [0, 0.1) is 0 Å². The topological polar surface area (TPSA) is 44.5 Å². The maximum Gasteiger partial charge on any atom is 0.573 e. The minimum atomic E-state index is -4.70. The summed E-state index contributed by atoms with van der Waals surface area (Å²) in [5.74, 6) is 0.417. The maximum absolute atomic E-state index is 12.2. The minimum Gasteiger partial charge on any atom is -0.490 e. The lowest BCUT2D eigenvalue weighted by Gasteiger charge is -2.17. The number of ether oxygens (including phenoxy) is 2. The fraction of sp³-hybridized carbons (Fsp3) is 0.333. The van der Waals surface area contributed by atoms with E-state index in [2.05, 4.69) is 18.6 Å². The van der Waals surface area contributed by atoms with Crippen LogP contribution in [0.15, 0.2) is 42.5 Å². The van der Waals surface area contributed by atoms with Crippen molar-refractivity contribution >= 4 is 5.69 Å². The Kier molecular flexibility index (Phi) is 5.59. The van der Waals surface area contributed by atoms with Crippen molar-refractivity contribution in [1.29, 1.82) is 0 Å². The van der Waals surface area contributed by atoms with Crippen LogP contribution in [0.2, 0.25) is 0 Å². The van der Waals surface area contributed by atoms with Crippen molar-refractivity contribution in [1.82, 2.24) is 0 Å². The molecule has 0 aliphatic rings. The normalized spacial score (nSPS) is 11.6. The van der Waals surface area contributed by atoms with Gasteiger partial charge in [0.05, 0.1) is 6.10 Å². The van der Waals surface area contributed by atoms with Gasteiger partial charge in [-0.1, -0.05) is 26.0 Å². The largest absolute Gasteiger partial charge is 0.573 e.